The summed E-state index contributed by atoms with van der Waals surface area (Å²) in [4.78, 5) is 12.7. The Kier molecular flexibility index (Phi) is 8.19. The number of carbonyl (C=O) groups excluding carboxylic acids is 1. The van der Waals surface area contributed by atoms with Crippen molar-refractivity contribution in [1.29, 1.82) is 0 Å². The van der Waals surface area contributed by atoms with Crippen molar-refractivity contribution in [2.75, 3.05) is 31.7 Å². The van der Waals surface area contributed by atoms with E-state index in [2.05, 4.69) is 5.32 Å². The minimum atomic E-state index is -0.506. The van der Waals surface area contributed by atoms with Crippen LogP contribution in [0.5, 0.6) is 5.75 Å². The van der Waals surface area contributed by atoms with Crippen LogP contribution in [0, 0.1) is 11.3 Å². The lowest BCUT2D eigenvalue weighted by molar-refractivity contribution is -0.130. The Hall–Kier alpha value is -1.30. The predicted octanol–water partition coefficient (Wildman–Crippen LogP) is 3.76. The molecule has 146 valence electrons. The lowest BCUT2D eigenvalue weighted by atomic mass is 9.79. The maximum absolute atomic E-state index is 12.7. The van der Waals surface area contributed by atoms with Gasteiger partial charge in [0.1, 0.15) is 5.75 Å². The van der Waals surface area contributed by atoms with E-state index in [4.69, 9.17) is 15.2 Å². The van der Waals surface area contributed by atoms with Gasteiger partial charge in [-0.3, -0.25) is 4.79 Å². The molecule has 1 aliphatic heterocycles. The van der Waals surface area contributed by atoms with Crippen LogP contribution in [0.4, 0.5) is 5.69 Å². The summed E-state index contributed by atoms with van der Waals surface area (Å²) in [7, 11) is 0. The van der Waals surface area contributed by atoms with Gasteiger partial charge in [0.25, 0.3) is 0 Å². The SMILES string of the molecule is Cl.NCC1(C(=O)Nc2ccc(OCC3CCCCC3)cc2)CCOCC1. The average molecular weight is 383 g/mol. The number of nitrogens with two attached hydrogens (primary N) is 1. The van der Waals surface area contributed by atoms with Crippen molar-refractivity contribution in [3.63, 3.8) is 0 Å². The minimum Gasteiger partial charge on any atom is -0.493 e. The minimum absolute atomic E-state index is 0. The summed E-state index contributed by atoms with van der Waals surface area (Å²) in [6, 6.07) is 7.66. The van der Waals surface area contributed by atoms with E-state index in [1.165, 1.54) is 32.1 Å². The molecule has 0 unspecified atom stereocenters. The van der Waals surface area contributed by atoms with Crippen LogP contribution >= 0.6 is 12.4 Å². The molecule has 3 N–H and O–H groups in total. The van der Waals surface area contributed by atoms with Gasteiger partial charge >= 0.3 is 0 Å². The fourth-order valence-corrected chi connectivity index (χ4v) is 3.75. The monoisotopic (exact) mass is 382 g/mol. The number of carbonyl (C=O) groups is 1. The fourth-order valence-electron chi connectivity index (χ4n) is 3.75. The maximum Gasteiger partial charge on any atom is 0.232 e. The van der Waals surface area contributed by atoms with Crippen LogP contribution in [0.25, 0.3) is 0 Å². The summed E-state index contributed by atoms with van der Waals surface area (Å²) < 4.78 is 11.3. The Balaban J connectivity index is 0.00000243. The smallest absolute Gasteiger partial charge is 0.232 e. The molecular formula is C20H31ClN2O3. The Bertz CT molecular complexity index is 553. The lowest BCUT2D eigenvalue weighted by Crippen LogP contribution is -2.46. The summed E-state index contributed by atoms with van der Waals surface area (Å²) >= 11 is 0. The normalized spacial score (nSPS) is 20.0. The molecule has 0 radical (unpaired) electrons. The van der Waals surface area contributed by atoms with Gasteiger partial charge in [0, 0.05) is 25.4 Å². The summed E-state index contributed by atoms with van der Waals surface area (Å²) in [5, 5.41) is 3.01. The van der Waals surface area contributed by atoms with Gasteiger partial charge in [-0.2, -0.15) is 0 Å². The maximum atomic E-state index is 12.7. The number of amides is 1. The highest BCUT2D eigenvalue weighted by molar-refractivity contribution is 5.95. The van der Waals surface area contributed by atoms with E-state index in [-0.39, 0.29) is 18.3 Å². The number of halogens is 1. The van der Waals surface area contributed by atoms with Crippen LogP contribution in [0.15, 0.2) is 24.3 Å². The molecule has 1 amide bonds. The summed E-state index contributed by atoms with van der Waals surface area (Å²) in [5.41, 5.74) is 6.17. The highest BCUT2D eigenvalue weighted by Crippen LogP contribution is 2.31. The predicted molar refractivity (Wildman–Crippen MR) is 106 cm³/mol. The molecule has 1 saturated carbocycles. The molecule has 0 bridgehead atoms. The van der Waals surface area contributed by atoms with Crippen molar-refractivity contribution in [3.05, 3.63) is 24.3 Å². The van der Waals surface area contributed by atoms with Gasteiger partial charge in [-0.25, -0.2) is 0 Å². The van der Waals surface area contributed by atoms with Gasteiger partial charge in [-0.15, -0.1) is 12.4 Å². The highest BCUT2D eigenvalue weighted by atomic mass is 35.5. The molecule has 0 spiro atoms. The molecule has 3 rings (SSSR count). The zero-order valence-corrected chi connectivity index (χ0v) is 16.2. The van der Waals surface area contributed by atoms with Gasteiger partial charge < -0.3 is 20.5 Å². The molecule has 0 aromatic heterocycles. The first-order chi connectivity index (χ1) is 12.2. The topological polar surface area (TPSA) is 73.6 Å². The average Bonchev–Trinajstić information content (AvgIpc) is 2.68. The van der Waals surface area contributed by atoms with Crippen LogP contribution in [-0.4, -0.2) is 32.3 Å². The molecule has 2 fully saturated rings. The molecule has 5 nitrogen and oxygen atoms in total. The van der Waals surface area contributed by atoms with E-state index >= 15 is 0 Å². The van der Waals surface area contributed by atoms with E-state index in [0.717, 1.165) is 18.0 Å². The molecule has 26 heavy (non-hydrogen) atoms. The molecule has 6 heteroatoms. The molecule has 1 heterocycles. The summed E-state index contributed by atoms with van der Waals surface area (Å²) in [5.74, 6) is 1.54. The number of ether oxygens (including phenoxy) is 2. The van der Waals surface area contributed by atoms with Gasteiger partial charge in [0.05, 0.1) is 12.0 Å². The van der Waals surface area contributed by atoms with Crippen molar-refractivity contribution in [2.24, 2.45) is 17.1 Å². The number of hydrogen-bond donors (Lipinski definition) is 2. The largest absolute Gasteiger partial charge is 0.493 e. The molecular weight excluding hydrogens is 352 g/mol. The Morgan fingerprint density at radius 3 is 2.42 bits per heavy atom. The first-order valence-corrected chi connectivity index (χ1v) is 9.54. The van der Waals surface area contributed by atoms with E-state index in [9.17, 15) is 4.79 Å². The quantitative estimate of drug-likeness (QED) is 0.785. The first kappa shape index (κ1) is 21.0. The van der Waals surface area contributed by atoms with Crippen LogP contribution in [0.3, 0.4) is 0 Å². The second-order valence-electron chi connectivity index (χ2n) is 7.39. The lowest BCUT2D eigenvalue weighted by Gasteiger charge is -2.34. The number of hydrogen-bond acceptors (Lipinski definition) is 4. The van der Waals surface area contributed by atoms with Crippen molar-refractivity contribution in [3.8, 4) is 5.75 Å². The summed E-state index contributed by atoms with van der Waals surface area (Å²) in [6.07, 6.45) is 7.93. The number of nitrogens with one attached hydrogen (secondary N) is 1. The zero-order chi connectivity index (χ0) is 17.5. The van der Waals surface area contributed by atoms with Crippen molar-refractivity contribution >= 4 is 24.0 Å². The third-order valence-corrected chi connectivity index (χ3v) is 5.64. The van der Waals surface area contributed by atoms with Gasteiger partial charge in [-0.1, -0.05) is 19.3 Å². The molecule has 0 atom stereocenters. The number of rotatable bonds is 6. The van der Waals surface area contributed by atoms with Gasteiger partial charge in [0.2, 0.25) is 5.91 Å². The Morgan fingerprint density at radius 2 is 1.81 bits per heavy atom. The van der Waals surface area contributed by atoms with Crippen LogP contribution < -0.4 is 15.8 Å². The number of benzene rings is 1. The standard InChI is InChI=1S/C20H30N2O3.ClH/c21-15-20(10-12-24-13-11-20)19(23)22-17-6-8-18(9-7-17)25-14-16-4-2-1-3-5-16;/h6-9,16H,1-5,10-15,21H2,(H,22,23);1H. The van der Waals surface area contributed by atoms with Crippen molar-refractivity contribution < 1.29 is 14.3 Å². The van der Waals surface area contributed by atoms with Gasteiger partial charge in [-0.05, 0) is 55.9 Å². The third kappa shape index (κ3) is 5.35. The third-order valence-electron chi connectivity index (χ3n) is 5.64. The molecule has 1 aromatic rings. The fraction of sp³-hybridized carbons (Fsp3) is 0.650. The molecule has 1 aromatic carbocycles. The highest BCUT2D eigenvalue weighted by Gasteiger charge is 2.38. The van der Waals surface area contributed by atoms with E-state index in [0.29, 0.717) is 38.5 Å². The molecule has 1 aliphatic carbocycles. The van der Waals surface area contributed by atoms with Crippen LogP contribution in [0.2, 0.25) is 0 Å². The van der Waals surface area contributed by atoms with Crippen LogP contribution in [0.1, 0.15) is 44.9 Å². The first-order valence-electron chi connectivity index (χ1n) is 9.54. The van der Waals surface area contributed by atoms with E-state index < -0.39 is 5.41 Å². The molecule has 1 saturated heterocycles. The van der Waals surface area contributed by atoms with Crippen molar-refractivity contribution in [2.45, 2.75) is 44.9 Å². The van der Waals surface area contributed by atoms with Crippen molar-refractivity contribution in [1.82, 2.24) is 0 Å². The van der Waals surface area contributed by atoms with Crippen LogP contribution in [-0.2, 0) is 9.53 Å². The summed E-state index contributed by atoms with van der Waals surface area (Å²) in [6.45, 7) is 2.34. The molecule has 2 aliphatic rings. The second kappa shape index (κ2) is 10.1. The van der Waals surface area contributed by atoms with E-state index in [1.807, 2.05) is 24.3 Å². The second-order valence-corrected chi connectivity index (χ2v) is 7.39. The number of anilines is 1. The Labute approximate surface area is 162 Å². The van der Waals surface area contributed by atoms with E-state index in [1.54, 1.807) is 0 Å². The zero-order valence-electron chi connectivity index (χ0n) is 15.4. The van der Waals surface area contributed by atoms with Gasteiger partial charge in [0.15, 0.2) is 0 Å². The Morgan fingerprint density at radius 1 is 1.15 bits per heavy atom.